The van der Waals surface area contributed by atoms with E-state index in [2.05, 4.69) is 83.3 Å². The summed E-state index contributed by atoms with van der Waals surface area (Å²) in [5.74, 6) is 0. The Morgan fingerprint density at radius 1 is 0.680 bits per heavy atom. The zero-order chi connectivity index (χ0) is 15.7. The van der Waals surface area contributed by atoms with Crippen LogP contribution in [0.1, 0.15) is 0 Å². The summed E-state index contributed by atoms with van der Waals surface area (Å²) < 4.78 is 1.92. The Bertz CT molecular complexity index is 1470. The summed E-state index contributed by atoms with van der Waals surface area (Å²) in [4.78, 5) is 11.1. The molecule has 3 heteroatoms. The van der Waals surface area contributed by atoms with E-state index in [-0.39, 0.29) is 7.92 Å². The molecule has 12 rings (SSSR count). The minimum atomic E-state index is -3.23. The average Bonchev–Trinajstić information content (AvgIpc) is 3.60. The van der Waals surface area contributed by atoms with Crippen LogP contribution in [-0.2, 0) is 6.51 Å². The van der Waals surface area contributed by atoms with Crippen molar-refractivity contribution in [2.45, 2.75) is 44.9 Å². The van der Waals surface area contributed by atoms with Crippen molar-refractivity contribution >= 4 is 41.1 Å². The summed E-state index contributed by atoms with van der Waals surface area (Å²) in [6.07, 6.45) is 0. The fourth-order valence-electron chi connectivity index (χ4n) is 18.4. The van der Waals surface area contributed by atoms with E-state index in [4.69, 9.17) is 0 Å². The van der Waals surface area contributed by atoms with Gasteiger partial charge in [-0.3, -0.25) is 0 Å². The van der Waals surface area contributed by atoms with Crippen LogP contribution >= 0.6 is 30.5 Å². The summed E-state index contributed by atoms with van der Waals surface area (Å²) in [5.41, 5.74) is 0. The first-order valence-corrected chi connectivity index (χ1v) is 18.4. The molecule has 8 unspecified atom stereocenters. The SMILES string of the molecule is I[C]12[CH]3[CH]4[CH]5[CH]1[Fe]45321678[CH]2[CH]1[CH]6[C]7(P(c1ccccc1)c1ccccc1)[CH]28. The van der Waals surface area contributed by atoms with Crippen LogP contribution in [0.25, 0.3) is 0 Å². The second-order valence-electron chi connectivity index (χ2n) is 12.7. The van der Waals surface area contributed by atoms with Crippen molar-refractivity contribution in [3.63, 3.8) is 0 Å². The molecule has 10 aliphatic heterocycles. The van der Waals surface area contributed by atoms with E-state index in [1.165, 1.54) is 38.5 Å². The van der Waals surface area contributed by atoms with Crippen molar-refractivity contribution in [3.05, 3.63) is 60.7 Å². The molecule has 0 N–H and O–H groups in total. The van der Waals surface area contributed by atoms with E-state index in [1.54, 1.807) is 10.6 Å². The van der Waals surface area contributed by atoms with Gasteiger partial charge in [-0.1, -0.05) is 0 Å². The molecule has 10 fully saturated rings. The number of alkyl halides is 1. The van der Waals surface area contributed by atoms with Gasteiger partial charge in [0.15, 0.2) is 0 Å². The van der Waals surface area contributed by atoms with Crippen LogP contribution in [0.3, 0.4) is 0 Å². The van der Waals surface area contributed by atoms with Crippen molar-refractivity contribution < 1.29 is 6.51 Å². The zero-order valence-electron chi connectivity index (χ0n) is 13.6. The quantitative estimate of drug-likeness (QED) is 0.220. The second-order valence-corrected chi connectivity index (χ2v) is 41.4. The van der Waals surface area contributed by atoms with Crippen molar-refractivity contribution in [3.8, 4) is 0 Å². The topological polar surface area (TPSA) is 0 Å². The number of halogens is 1. The average molecular weight is 496 g/mol. The van der Waals surface area contributed by atoms with Gasteiger partial charge in [0, 0.05) is 0 Å². The molecule has 2 aromatic rings. The minimum absolute atomic E-state index is 0.105. The molecule has 10 saturated heterocycles. The van der Waals surface area contributed by atoms with Gasteiger partial charge in [0.2, 0.25) is 0 Å². The number of fused-ring (bicyclic) bond motifs is 10. The fraction of sp³-hybridized carbons (Fsp3) is 0.455. The van der Waals surface area contributed by atoms with Crippen LogP contribution in [0.4, 0.5) is 0 Å². The van der Waals surface area contributed by atoms with Gasteiger partial charge in [0.25, 0.3) is 0 Å². The first-order valence-electron chi connectivity index (χ1n) is 9.82. The van der Waals surface area contributed by atoms with Crippen LogP contribution in [0.15, 0.2) is 60.7 Å². The molecular weight excluding hydrogens is 478 g/mol. The normalized spacial score (nSPS) is 87.8. The Hall–Kier alpha value is 0.119. The van der Waals surface area contributed by atoms with E-state index in [0.717, 1.165) is 6.37 Å². The number of hydrogen-bond acceptors (Lipinski definition) is 0. The Labute approximate surface area is 152 Å². The molecule has 126 valence electrons. The van der Waals surface area contributed by atoms with Gasteiger partial charge >= 0.3 is 153 Å². The molecule has 0 saturated carbocycles. The van der Waals surface area contributed by atoms with Crippen LogP contribution in [0.5, 0.6) is 0 Å². The second kappa shape index (κ2) is 1.29. The van der Waals surface area contributed by atoms with Gasteiger partial charge in [0.05, 0.1) is 0 Å². The maximum atomic E-state index is 3.15. The van der Waals surface area contributed by atoms with Crippen molar-refractivity contribution in [1.82, 2.24) is 0 Å². The van der Waals surface area contributed by atoms with E-state index in [9.17, 15) is 0 Å². The molecule has 0 nitrogen and oxygen atoms in total. The first-order chi connectivity index (χ1) is 12.0. The van der Waals surface area contributed by atoms with E-state index in [0.29, 0.717) is 0 Å². The van der Waals surface area contributed by atoms with Gasteiger partial charge in [-0.05, 0) is 0 Å². The molecule has 0 aromatic heterocycles. The van der Waals surface area contributed by atoms with E-state index in [1.807, 2.05) is 0 Å². The summed E-state index contributed by atoms with van der Waals surface area (Å²) in [5, 5.41) is 3.47. The predicted octanol–water partition coefficient (Wildman–Crippen LogP) is 5.76. The molecule has 0 radical (unpaired) electrons. The Balaban J connectivity index is 1.32. The van der Waals surface area contributed by atoms with Crippen LogP contribution < -0.4 is 10.6 Å². The Kier molecular flexibility index (Phi) is 0.576. The van der Waals surface area contributed by atoms with Crippen LogP contribution in [0.2, 0.25) is 38.5 Å². The van der Waals surface area contributed by atoms with E-state index >= 15 is 0 Å². The van der Waals surface area contributed by atoms with Gasteiger partial charge in [-0.25, -0.2) is 0 Å². The molecule has 10 aliphatic rings. The predicted molar refractivity (Wildman–Crippen MR) is 109 cm³/mol. The summed E-state index contributed by atoms with van der Waals surface area (Å²) in [6, 6.07) is 23.7. The van der Waals surface area contributed by atoms with Crippen molar-refractivity contribution in [2.75, 3.05) is 0 Å². The molecule has 0 aliphatic carbocycles. The number of benzene rings is 2. The van der Waals surface area contributed by atoms with Gasteiger partial charge < -0.3 is 0 Å². The molecule has 0 amide bonds. The first kappa shape index (κ1) is 11.2. The summed E-state index contributed by atoms with van der Waals surface area (Å²) >= 11 is 3.15. The van der Waals surface area contributed by atoms with Crippen molar-refractivity contribution in [1.29, 1.82) is 0 Å². The Morgan fingerprint density at radius 2 is 1.12 bits per heavy atom. The van der Waals surface area contributed by atoms with Gasteiger partial charge in [-0.2, -0.15) is 0 Å². The van der Waals surface area contributed by atoms with E-state index < -0.39 is 6.51 Å². The van der Waals surface area contributed by atoms with Gasteiger partial charge in [0.1, 0.15) is 0 Å². The standard InChI is InChI=1S/C17H14P.C5H4I.Fe/c1-3-9-15(10-4-1)18(17-13-7-8-14-17)16-11-5-2-6-12-16;6-5-3-1-2-4-5;/h1-14H;1-4H;. The molecule has 0 bridgehead atoms. The third kappa shape index (κ3) is 0.180. The number of hydrogen-bond donors (Lipinski definition) is 0. The molecule has 25 heavy (non-hydrogen) atoms. The van der Waals surface area contributed by atoms with Crippen LogP contribution in [-0.4, -0.2) is 6.37 Å². The number of rotatable bonds is 3. The monoisotopic (exact) mass is 496 g/mol. The summed E-state index contributed by atoms with van der Waals surface area (Å²) in [7, 11) is -0.105. The third-order valence-corrected chi connectivity index (χ3v) is 76.5. The van der Waals surface area contributed by atoms with Gasteiger partial charge in [-0.15, -0.1) is 0 Å². The third-order valence-electron chi connectivity index (χ3n) is 16.9. The summed E-state index contributed by atoms with van der Waals surface area (Å²) in [6.45, 7) is -3.23. The fourth-order valence-corrected chi connectivity index (χ4v) is 126. The molecular formula is C22H18FeIP. The Morgan fingerprint density at radius 3 is 1.40 bits per heavy atom. The maximum absolute atomic E-state index is 3.23. The molecule has 8 atom stereocenters. The zero-order valence-corrected chi connectivity index (χ0v) is 17.7. The molecule has 1 spiro atoms. The molecule has 10 heterocycles. The molecule has 2 aromatic carbocycles. The van der Waals surface area contributed by atoms with Crippen molar-refractivity contribution in [2.24, 2.45) is 0 Å². The van der Waals surface area contributed by atoms with Crippen LogP contribution in [0, 0.1) is 0 Å².